The molecule has 248 valence electrons. The summed E-state index contributed by atoms with van der Waals surface area (Å²) in [5.41, 5.74) is -1.96. The molecule has 4 amide bonds. The molecule has 5 atom stereocenters. The van der Waals surface area contributed by atoms with E-state index in [2.05, 4.69) is 35.6 Å². The number of nitrogens with zero attached hydrogens (tertiary/aromatic N) is 1. The number of ether oxygens (including phenoxy) is 3. The fourth-order valence-corrected chi connectivity index (χ4v) is 6.27. The summed E-state index contributed by atoms with van der Waals surface area (Å²) >= 11 is 0. The lowest BCUT2D eigenvalue weighted by Crippen LogP contribution is -2.56. The van der Waals surface area contributed by atoms with Crippen molar-refractivity contribution in [2.75, 3.05) is 19.8 Å². The number of carbonyl (C=O) groups is 5. The van der Waals surface area contributed by atoms with Crippen molar-refractivity contribution in [3.63, 3.8) is 0 Å². The highest BCUT2D eigenvalue weighted by molar-refractivity contribution is 6.76. The van der Waals surface area contributed by atoms with Crippen LogP contribution in [0.5, 0.6) is 0 Å². The van der Waals surface area contributed by atoms with Gasteiger partial charge in [0.25, 0.3) is 0 Å². The van der Waals surface area contributed by atoms with Gasteiger partial charge in [0.05, 0.1) is 19.3 Å². The number of alkyl carbamates (subject to hydrolysis) is 2. The summed E-state index contributed by atoms with van der Waals surface area (Å²) in [6, 6.07) is -1.68. The molecule has 3 aliphatic rings. The quantitative estimate of drug-likeness (QED) is 0.165. The third-order valence-electron chi connectivity index (χ3n) is 8.02. The molecular weight excluding hydrogens is 584 g/mol. The number of hydrogen-bond donors (Lipinski definition) is 3. The molecule has 2 heterocycles. The van der Waals surface area contributed by atoms with E-state index >= 15 is 0 Å². The lowest BCUT2D eigenvalue weighted by atomic mass is 10.0. The van der Waals surface area contributed by atoms with Gasteiger partial charge in [-0.3, -0.25) is 9.59 Å². The fourth-order valence-electron chi connectivity index (χ4n) is 5.56. The molecule has 2 aliphatic heterocycles. The second-order valence-electron chi connectivity index (χ2n) is 14.3. The van der Waals surface area contributed by atoms with Gasteiger partial charge in [-0.15, -0.1) is 0 Å². The van der Waals surface area contributed by atoms with Crippen LogP contribution in [0.4, 0.5) is 9.59 Å². The van der Waals surface area contributed by atoms with Crippen molar-refractivity contribution in [1.29, 1.82) is 0 Å². The Labute approximate surface area is 262 Å². The van der Waals surface area contributed by atoms with Crippen LogP contribution in [0, 0.1) is 5.92 Å². The number of allylic oxidation sites excluding steroid dienone is 1. The van der Waals surface area contributed by atoms with E-state index in [1.165, 1.54) is 4.90 Å². The van der Waals surface area contributed by atoms with Crippen LogP contribution in [-0.2, 0) is 28.6 Å². The molecule has 1 saturated carbocycles. The molecular formula is C31H52N4O8Si. The van der Waals surface area contributed by atoms with E-state index in [0.717, 1.165) is 25.3 Å². The largest absolute Gasteiger partial charge is 0.464 e. The monoisotopic (exact) mass is 636 g/mol. The fraction of sp³-hybridized carbons (Fsp3) is 0.774. The van der Waals surface area contributed by atoms with Crippen molar-refractivity contribution < 1.29 is 38.2 Å². The van der Waals surface area contributed by atoms with Gasteiger partial charge in [0.2, 0.25) is 11.8 Å². The Morgan fingerprint density at radius 3 is 2.45 bits per heavy atom. The Bertz CT molecular complexity index is 1100. The highest BCUT2D eigenvalue weighted by atomic mass is 28.3. The van der Waals surface area contributed by atoms with Crippen LogP contribution in [0.3, 0.4) is 0 Å². The molecule has 5 unspecified atom stereocenters. The number of nitrogens with one attached hydrogen (secondary N) is 3. The molecule has 0 radical (unpaired) electrons. The summed E-state index contributed by atoms with van der Waals surface area (Å²) in [7, 11) is -1.41. The van der Waals surface area contributed by atoms with E-state index in [1.807, 2.05) is 12.2 Å². The van der Waals surface area contributed by atoms with Gasteiger partial charge < -0.3 is 35.1 Å². The topological polar surface area (TPSA) is 152 Å². The molecule has 0 aromatic carbocycles. The van der Waals surface area contributed by atoms with Gasteiger partial charge in [0, 0.05) is 20.5 Å². The van der Waals surface area contributed by atoms with Gasteiger partial charge in [-0.1, -0.05) is 44.6 Å². The third-order valence-corrected chi connectivity index (χ3v) is 9.72. The lowest BCUT2D eigenvalue weighted by Gasteiger charge is -2.30. The van der Waals surface area contributed by atoms with Crippen LogP contribution in [0.15, 0.2) is 12.2 Å². The zero-order valence-electron chi connectivity index (χ0n) is 27.5. The number of hydrogen-bond acceptors (Lipinski definition) is 8. The van der Waals surface area contributed by atoms with E-state index in [4.69, 9.17) is 14.2 Å². The second-order valence-corrected chi connectivity index (χ2v) is 19.9. The van der Waals surface area contributed by atoms with Gasteiger partial charge in [-0.2, -0.15) is 0 Å². The van der Waals surface area contributed by atoms with E-state index in [0.29, 0.717) is 25.9 Å². The molecule has 13 heteroatoms. The summed E-state index contributed by atoms with van der Waals surface area (Å²) in [4.78, 5) is 67.8. The summed E-state index contributed by atoms with van der Waals surface area (Å²) < 4.78 is 16.2. The van der Waals surface area contributed by atoms with Crippen molar-refractivity contribution in [1.82, 2.24) is 20.9 Å². The molecule has 0 spiro atoms. The smallest absolute Gasteiger partial charge is 0.408 e. The van der Waals surface area contributed by atoms with Gasteiger partial charge in [-0.25, -0.2) is 14.4 Å². The Balaban J connectivity index is 1.86. The molecule has 1 aliphatic carbocycles. The lowest BCUT2D eigenvalue weighted by molar-refractivity contribution is -0.150. The molecule has 3 N–H and O–H groups in total. The van der Waals surface area contributed by atoms with Crippen LogP contribution in [0.2, 0.25) is 25.7 Å². The molecule has 3 rings (SSSR count). The Kier molecular flexibility index (Phi) is 11.9. The summed E-state index contributed by atoms with van der Waals surface area (Å²) in [5.74, 6) is -1.67. The average Bonchev–Trinajstić information content (AvgIpc) is 3.42. The first-order chi connectivity index (χ1) is 20.5. The molecule has 0 aromatic rings. The van der Waals surface area contributed by atoms with Gasteiger partial charge in [-0.05, 0) is 65.8 Å². The molecule has 0 bridgehead atoms. The maximum atomic E-state index is 14.1. The van der Waals surface area contributed by atoms with E-state index in [1.54, 1.807) is 27.7 Å². The zero-order valence-corrected chi connectivity index (χ0v) is 28.5. The molecule has 12 nitrogen and oxygen atoms in total. The predicted octanol–water partition coefficient (Wildman–Crippen LogP) is 3.87. The van der Waals surface area contributed by atoms with E-state index < -0.39 is 67.3 Å². The maximum Gasteiger partial charge on any atom is 0.408 e. The number of fused-ring (bicyclic) bond motifs is 2. The van der Waals surface area contributed by atoms with Gasteiger partial charge in [0.1, 0.15) is 23.2 Å². The first-order valence-electron chi connectivity index (χ1n) is 15.9. The van der Waals surface area contributed by atoms with Crippen molar-refractivity contribution in [3.8, 4) is 0 Å². The Morgan fingerprint density at radius 2 is 1.80 bits per heavy atom. The first kappa shape index (κ1) is 35.4. The van der Waals surface area contributed by atoms with Gasteiger partial charge in [0.15, 0.2) is 0 Å². The third kappa shape index (κ3) is 10.2. The summed E-state index contributed by atoms with van der Waals surface area (Å²) in [5, 5.41) is 8.45. The standard InChI is InChI=1S/C31H52N4O8Si/c1-8-41-27(38)31-19-21(31)14-12-10-9-11-13-15-23(33-29(40)43-30(2,3)4)26(37)35-20-22(18-24(35)25(36)34-31)32-28(39)42-16-17-44(5,6)7/h12,14,21-24H,8-11,13,15-20H2,1-7H3,(H,32,39)(H,33,40)(H,34,36)/b14-12-. The van der Waals surface area contributed by atoms with Crippen LogP contribution >= 0.6 is 0 Å². The SMILES string of the molecule is CCOC(=O)C12CC1/C=C\CCCCCC(NC(=O)OC(C)(C)C)C(=O)N1CC(NC(=O)OCC[Si](C)(C)C)CC1C(=O)N2. The number of esters is 1. The summed E-state index contributed by atoms with van der Waals surface area (Å²) in [6.07, 6.45) is 6.70. The van der Waals surface area contributed by atoms with Crippen LogP contribution in [0.25, 0.3) is 0 Å². The predicted molar refractivity (Wildman–Crippen MR) is 168 cm³/mol. The number of amides is 4. The van der Waals surface area contributed by atoms with E-state index in [-0.39, 0.29) is 25.5 Å². The molecule has 2 fully saturated rings. The Hall–Kier alpha value is -3.09. The molecule has 0 aromatic heterocycles. The van der Waals surface area contributed by atoms with Crippen molar-refractivity contribution >= 4 is 38.0 Å². The normalized spacial score (nSPS) is 28.7. The van der Waals surface area contributed by atoms with Crippen LogP contribution < -0.4 is 16.0 Å². The minimum atomic E-state index is -1.41. The van der Waals surface area contributed by atoms with Crippen molar-refractivity contribution in [2.45, 2.75) is 128 Å². The minimum Gasteiger partial charge on any atom is -0.464 e. The van der Waals surface area contributed by atoms with Crippen LogP contribution in [0.1, 0.15) is 72.6 Å². The number of carbonyl (C=O) groups excluding carboxylic acids is 5. The summed E-state index contributed by atoms with van der Waals surface area (Å²) in [6.45, 7) is 14.0. The Morgan fingerprint density at radius 1 is 1.07 bits per heavy atom. The second kappa shape index (κ2) is 14.8. The van der Waals surface area contributed by atoms with E-state index in [9.17, 15) is 24.0 Å². The van der Waals surface area contributed by atoms with Gasteiger partial charge >= 0.3 is 18.2 Å². The average molecular weight is 637 g/mol. The first-order valence-corrected chi connectivity index (χ1v) is 19.6. The van der Waals surface area contributed by atoms with Crippen molar-refractivity contribution in [3.05, 3.63) is 12.2 Å². The zero-order chi connectivity index (χ0) is 32.7. The molecule has 44 heavy (non-hydrogen) atoms. The van der Waals surface area contributed by atoms with Crippen molar-refractivity contribution in [2.24, 2.45) is 5.92 Å². The highest BCUT2D eigenvalue weighted by Gasteiger charge is 2.62. The minimum absolute atomic E-state index is 0.0439. The highest BCUT2D eigenvalue weighted by Crippen LogP contribution is 2.46. The van der Waals surface area contributed by atoms with Crippen LogP contribution in [-0.4, -0.2) is 92.0 Å². The number of rotatable bonds is 7. The maximum absolute atomic E-state index is 14.1. The molecule has 1 saturated heterocycles.